The predicted molar refractivity (Wildman–Crippen MR) is 94.9 cm³/mol. The number of ether oxygens (including phenoxy) is 2. The van der Waals surface area contributed by atoms with Gasteiger partial charge < -0.3 is 20.1 Å². The number of carbonyl (C=O) groups excluding carboxylic acids is 1. The predicted octanol–water partition coefficient (Wildman–Crippen LogP) is 3.05. The van der Waals surface area contributed by atoms with Gasteiger partial charge in [-0.25, -0.2) is 4.79 Å². The molecule has 136 valence electrons. The van der Waals surface area contributed by atoms with E-state index in [2.05, 4.69) is 28.6 Å². The van der Waals surface area contributed by atoms with E-state index in [4.69, 9.17) is 9.47 Å². The first-order valence-electron chi connectivity index (χ1n) is 8.43. The van der Waals surface area contributed by atoms with E-state index in [1.807, 2.05) is 33.0 Å². The van der Waals surface area contributed by atoms with Gasteiger partial charge in [0, 0.05) is 38.1 Å². The molecule has 0 aliphatic carbocycles. The SMILES string of the molecule is COCC(CCCNC(=O)OC(C)(C)C)N[C@H](C)c1cccnc1. The molecule has 0 spiro atoms. The van der Waals surface area contributed by atoms with Crippen LogP contribution in [0.3, 0.4) is 0 Å². The van der Waals surface area contributed by atoms with Crippen molar-refractivity contribution in [1.82, 2.24) is 15.6 Å². The molecule has 6 nitrogen and oxygen atoms in total. The molecule has 2 atom stereocenters. The van der Waals surface area contributed by atoms with E-state index in [1.54, 1.807) is 13.3 Å². The summed E-state index contributed by atoms with van der Waals surface area (Å²) in [6, 6.07) is 4.39. The molecule has 1 aromatic heterocycles. The van der Waals surface area contributed by atoms with Crippen LogP contribution in [-0.2, 0) is 9.47 Å². The highest BCUT2D eigenvalue weighted by Gasteiger charge is 2.16. The molecule has 1 heterocycles. The number of nitrogens with zero attached hydrogens (tertiary/aromatic N) is 1. The average Bonchev–Trinajstić information content (AvgIpc) is 2.50. The van der Waals surface area contributed by atoms with Gasteiger partial charge in [0.2, 0.25) is 0 Å². The zero-order valence-electron chi connectivity index (χ0n) is 15.5. The fourth-order valence-corrected chi connectivity index (χ4v) is 2.35. The Balaban J connectivity index is 2.34. The van der Waals surface area contributed by atoms with Crippen LogP contribution in [0.1, 0.15) is 52.1 Å². The van der Waals surface area contributed by atoms with Crippen LogP contribution in [0.25, 0.3) is 0 Å². The maximum Gasteiger partial charge on any atom is 0.407 e. The minimum Gasteiger partial charge on any atom is -0.444 e. The number of alkyl carbamates (subject to hydrolysis) is 1. The Morgan fingerprint density at radius 3 is 2.71 bits per heavy atom. The molecule has 6 heteroatoms. The summed E-state index contributed by atoms with van der Waals surface area (Å²) in [4.78, 5) is 15.8. The molecule has 1 amide bonds. The lowest BCUT2D eigenvalue weighted by molar-refractivity contribution is 0.0526. The lowest BCUT2D eigenvalue weighted by atomic mass is 10.1. The Hall–Kier alpha value is -1.66. The number of hydrogen-bond donors (Lipinski definition) is 2. The van der Waals surface area contributed by atoms with E-state index in [1.165, 1.54) is 0 Å². The lowest BCUT2D eigenvalue weighted by Gasteiger charge is -2.23. The molecule has 0 radical (unpaired) electrons. The van der Waals surface area contributed by atoms with Gasteiger partial charge in [-0.2, -0.15) is 0 Å². The second-order valence-corrected chi connectivity index (χ2v) is 6.90. The van der Waals surface area contributed by atoms with Gasteiger partial charge in [-0.3, -0.25) is 4.98 Å². The van der Waals surface area contributed by atoms with Gasteiger partial charge in [0.05, 0.1) is 6.61 Å². The smallest absolute Gasteiger partial charge is 0.407 e. The van der Waals surface area contributed by atoms with Crippen molar-refractivity contribution >= 4 is 6.09 Å². The molecule has 1 unspecified atom stereocenters. The van der Waals surface area contributed by atoms with Crippen molar-refractivity contribution in [3.63, 3.8) is 0 Å². The lowest BCUT2D eigenvalue weighted by Crippen LogP contribution is -2.37. The minimum absolute atomic E-state index is 0.192. The molecule has 0 aliphatic heterocycles. The summed E-state index contributed by atoms with van der Waals surface area (Å²) in [6.07, 6.45) is 5.01. The highest BCUT2D eigenvalue weighted by molar-refractivity contribution is 5.67. The van der Waals surface area contributed by atoms with E-state index < -0.39 is 5.60 Å². The summed E-state index contributed by atoms with van der Waals surface area (Å²) in [7, 11) is 1.70. The maximum atomic E-state index is 11.6. The van der Waals surface area contributed by atoms with Gasteiger partial charge in [-0.1, -0.05) is 6.07 Å². The monoisotopic (exact) mass is 337 g/mol. The number of carbonyl (C=O) groups is 1. The zero-order valence-corrected chi connectivity index (χ0v) is 15.5. The standard InChI is InChI=1S/C18H31N3O3/c1-14(15-8-6-10-19-12-15)21-16(13-23-5)9-7-11-20-17(22)24-18(2,3)4/h6,8,10,12,14,16,21H,7,9,11,13H2,1-5H3,(H,20,22)/t14-,16?/m1/s1. The molecule has 0 aromatic carbocycles. The number of pyridine rings is 1. The summed E-state index contributed by atoms with van der Waals surface area (Å²) in [5.74, 6) is 0. The summed E-state index contributed by atoms with van der Waals surface area (Å²) in [5.41, 5.74) is 0.675. The van der Waals surface area contributed by atoms with Crippen LogP contribution in [0.4, 0.5) is 4.79 Å². The fourth-order valence-electron chi connectivity index (χ4n) is 2.35. The molecular formula is C18H31N3O3. The summed E-state index contributed by atoms with van der Waals surface area (Å²) >= 11 is 0. The minimum atomic E-state index is -0.469. The van der Waals surface area contributed by atoms with Gasteiger partial charge in [0.25, 0.3) is 0 Å². The summed E-state index contributed by atoms with van der Waals surface area (Å²) < 4.78 is 10.5. The largest absolute Gasteiger partial charge is 0.444 e. The van der Waals surface area contributed by atoms with Gasteiger partial charge in [-0.05, 0) is 52.2 Å². The number of amides is 1. The molecule has 2 N–H and O–H groups in total. The molecular weight excluding hydrogens is 306 g/mol. The Labute approximate surface area is 145 Å². The third-order valence-corrected chi connectivity index (χ3v) is 3.44. The molecule has 0 fully saturated rings. The average molecular weight is 337 g/mol. The normalized spacial score (nSPS) is 14.0. The van der Waals surface area contributed by atoms with Crippen molar-refractivity contribution in [1.29, 1.82) is 0 Å². The summed E-state index contributed by atoms with van der Waals surface area (Å²) in [6.45, 7) is 8.87. The van der Waals surface area contributed by atoms with E-state index >= 15 is 0 Å². The molecule has 1 rings (SSSR count). The van der Waals surface area contributed by atoms with Crippen LogP contribution in [0.5, 0.6) is 0 Å². The highest BCUT2D eigenvalue weighted by Crippen LogP contribution is 2.12. The number of rotatable bonds is 9. The Bertz CT molecular complexity index is 474. The first kappa shape index (κ1) is 20.4. The molecule has 0 bridgehead atoms. The first-order chi connectivity index (χ1) is 11.3. The van der Waals surface area contributed by atoms with Gasteiger partial charge in [0.15, 0.2) is 0 Å². The van der Waals surface area contributed by atoms with Crippen molar-refractivity contribution in [3.05, 3.63) is 30.1 Å². The first-order valence-corrected chi connectivity index (χ1v) is 8.43. The second kappa shape index (κ2) is 10.3. The van der Waals surface area contributed by atoms with Crippen molar-refractivity contribution in [2.45, 2.75) is 58.2 Å². The third-order valence-electron chi connectivity index (χ3n) is 3.44. The quantitative estimate of drug-likeness (QED) is 0.678. The van der Waals surface area contributed by atoms with Crippen LogP contribution in [-0.4, -0.2) is 43.0 Å². The molecule has 0 saturated heterocycles. The van der Waals surface area contributed by atoms with Crippen LogP contribution in [0.15, 0.2) is 24.5 Å². The molecule has 0 aliphatic rings. The Kier molecular flexibility index (Phi) is 8.71. The van der Waals surface area contributed by atoms with Crippen molar-refractivity contribution in [3.8, 4) is 0 Å². The topological polar surface area (TPSA) is 72.5 Å². The van der Waals surface area contributed by atoms with Gasteiger partial charge in [0.1, 0.15) is 5.60 Å². The van der Waals surface area contributed by atoms with Crippen molar-refractivity contribution in [2.75, 3.05) is 20.3 Å². The van der Waals surface area contributed by atoms with Crippen molar-refractivity contribution < 1.29 is 14.3 Å². The molecule has 24 heavy (non-hydrogen) atoms. The van der Waals surface area contributed by atoms with Crippen LogP contribution < -0.4 is 10.6 Å². The maximum absolute atomic E-state index is 11.6. The molecule has 1 aromatic rings. The zero-order chi connectivity index (χ0) is 18.0. The number of nitrogens with one attached hydrogen (secondary N) is 2. The highest BCUT2D eigenvalue weighted by atomic mass is 16.6. The second-order valence-electron chi connectivity index (χ2n) is 6.90. The number of aromatic nitrogens is 1. The number of methoxy groups -OCH3 is 1. The van der Waals surface area contributed by atoms with E-state index in [0.29, 0.717) is 13.2 Å². The van der Waals surface area contributed by atoms with E-state index in [-0.39, 0.29) is 18.2 Å². The van der Waals surface area contributed by atoms with Crippen LogP contribution in [0.2, 0.25) is 0 Å². The number of hydrogen-bond acceptors (Lipinski definition) is 5. The Morgan fingerprint density at radius 1 is 1.38 bits per heavy atom. The van der Waals surface area contributed by atoms with E-state index in [0.717, 1.165) is 18.4 Å². The van der Waals surface area contributed by atoms with Gasteiger partial charge >= 0.3 is 6.09 Å². The van der Waals surface area contributed by atoms with Gasteiger partial charge in [-0.15, -0.1) is 0 Å². The van der Waals surface area contributed by atoms with Crippen LogP contribution >= 0.6 is 0 Å². The molecule has 0 saturated carbocycles. The van der Waals surface area contributed by atoms with E-state index in [9.17, 15) is 4.79 Å². The summed E-state index contributed by atoms with van der Waals surface area (Å²) in [5, 5.41) is 6.33. The fraction of sp³-hybridized carbons (Fsp3) is 0.667. The Morgan fingerprint density at radius 2 is 2.12 bits per heavy atom. The van der Waals surface area contributed by atoms with Crippen LogP contribution in [0, 0.1) is 0 Å². The van der Waals surface area contributed by atoms with Crippen molar-refractivity contribution in [2.24, 2.45) is 0 Å². The third kappa shape index (κ3) is 8.84.